The first-order valence-electron chi connectivity index (χ1n) is 27.7. The van der Waals surface area contributed by atoms with Crippen molar-refractivity contribution in [3.05, 3.63) is 252 Å². The highest BCUT2D eigenvalue weighted by Crippen LogP contribution is 2.55. The van der Waals surface area contributed by atoms with E-state index in [1.165, 1.54) is 144 Å². The number of anilines is 4. The molecule has 11 aromatic carbocycles. The predicted octanol–water partition coefficient (Wildman–Crippen LogP) is 19.4. The van der Waals surface area contributed by atoms with Crippen LogP contribution in [-0.4, -0.2) is 13.1 Å². The molecule has 0 amide bonds. The average Bonchev–Trinajstić information content (AvgIpc) is 3.97. The van der Waals surface area contributed by atoms with Gasteiger partial charge in [0.1, 0.15) is 0 Å². The van der Waals surface area contributed by atoms with Gasteiger partial charge in [0, 0.05) is 46.7 Å². The van der Waals surface area contributed by atoms with Gasteiger partial charge in [-0.15, -0.1) is 0 Å². The lowest BCUT2D eigenvalue weighted by Crippen LogP contribution is -2.24. The third-order valence-electron chi connectivity index (χ3n) is 18.1. The largest absolute Gasteiger partial charge is 0.341 e. The Labute approximate surface area is 447 Å². The monoisotopic (exact) mass is 976 g/mol. The van der Waals surface area contributed by atoms with Crippen LogP contribution >= 0.6 is 0 Å². The summed E-state index contributed by atoms with van der Waals surface area (Å²) in [5.41, 5.74) is 28.7. The molecule has 11 aromatic rings. The van der Waals surface area contributed by atoms with Crippen LogP contribution in [-0.2, 0) is 23.7 Å². The van der Waals surface area contributed by atoms with E-state index >= 15 is 0 Å². The van der Waals surface area contributed by atoms with Crippen molar-refractivity contribution in [2.24, 2.45) is 0 Å². The van der Waals surface area contributed by atoms with Gasteiger partial charge in [-0.3, -0.25) is 0 Å². The number of benzene rings is 11. The molecule has 0 fully saturated rings. The predicted molar refractivity (Wildman–Crippen MR) is 322 cm³/mol. The first-order valence-corrected chi connectivity index (χ1v) is 27.7. The number of rotatable bonds is 6. The molecule has 2 nitrogen and oxygen atoms in total. The number of aryl methyl sites for hydroxylation is 2. The topological polar surface area (TPSA) is 6.48 Å². The van der Waals surface area contributed by atoms with Gasteiger partial charge in [0.15, 0.2) is 0 Å². The summed E-state index contributed by atoms with van der Waals surface area (Å²) in [6.07, 6.45) is 4.43. The van der Waals surface area contributed by atoms with E-state index in [1.807, 2.05) is 0 Å². The Hall–Kier alpha value is -8.46. The first-order chi connectivity index (χ1) is 37.2. The summed E-state index contributed by atoms with van der Waals surface area (Å²) < 4.78 is 0. The fraction of sp³-hybridized carbons (Fsp3) is 0.162. The number of para-hydroxylation sites is 2. The van der Waals surface area contributed by atoms with Crippen molar-refractivity contribution in [2.45, 2.75) is 64.2 Å². The molecule has 0 aromatic heterocycles. The Morgan fingerprint density at radius 1 is 0.303 bits per heavy atom. The molecular weight excluding hydrogens is 917 g/mol. The molecule has 0 atom stereocenters. The Kier molecular flexibility index (Phi) is 10.1. The number of hydrogen-bond donors (Lipinski definition) is 0. The number of fused-ring (bicyclic) bond motifs is 10. The Morgan fingerprint density at radius 2 is 0.671 bits per heavy atom. The summed E-state index contributed by atoms with van der Waals surface area (Å²) in [5, 5.41) is 5.05. The minimum absolute atomic E-state index is 0.118. The quantitative estimate of drug-likeness (QED) is 0.153. The molecule has 0 saturated heterocycles. The van der Waals surface area contributed by atoms with E-state index in [4.69, 9.17) is 0 Å². The van der Waals surface area contributed by atoms with Gasteiger partial charge >= 0.3 is 0 Å². The van der Waals surface area contributed by atoms with E-state index in [0.717, 1.165) is 38.8 Å². The zero-order valence-corrected chi connectivity index (χ0v) is 43.9. The van der Waals surface area contributed by atoms with Crippen molar-refractivity contribution < 1.29 is 0 Å². The lowest BCUT2D eigenvalue weighted by atomic mass is 9.79. The van der Waals surface area contributed by atoms with Crippen LogP contribution < -0.4 is 9.80 Å². The van der Waals surface area contributed by atoms with Crippen LogP contribution in [0, 0.1) is 0 Å². The fourth-order valence-corrected chi connectivity index (χ4v) is 14.4. The summed E-state index contributed by atoms with van der Waals surface area (Å²) in [6.45, 7) is 11.5. The van der Waals surface area contributed by atoms with Gasteiger partial charge in [0.2, 0.25) is 0 Å². The third-order valence-corrected chi connectivity index (χ3v) is 18.1. The van der Waals surface area contributed by atoms with Crippen LogP contribution in [0.1, 0.15) is 73.9 Å². The van der Waals surface area contributed by atoms with Gasteiger partial charge in [0.05, 0.1) is 0 Å². The average molecular weight is 977 g/mol. The molecule has 2 heteroatoms. The maximum atomic E-state index is 2.58. The summed E-state index contributed by atoms with van der Waals surface area (Å²) in [6, 6.07) is 84.0. The van der Waals surface area contributed by atoms with Gasteiger partial charge in [-0.1, -0.05) is 198 Å². The van der Waals surface area contributed by atoms with Crippen molar-refractivity contribution in [1.29, 1.82) is 0 Å². The molecule has 0 unspecified atom stereocenters. The normalized spacial score (nSPS) is 15.5. The van der Waals surface area contributed by atoms with Crippen LogP contribution in [0.25, 0.3) is 88.3 Å². The van der Waals surface area contributed by atoms with E-state index in [1.54, 1.807) is 0 Å². The molecule has 2 heterocycles. The molecule has 0 bridgehead atoms. The zero-order chi connectivity index (χ0) is 50.9. The number of hydrogen-bond acceptors (Lipinski definition) is 2. The summed E-state index contributed by atoms with van der Waals surface area (Å²) in [5.74, 6) is 0. The molecule has 2 aliphatic heterocycles. The van der Waals surface area contributed by atoms with Crippen LogP contribution in [0.3, 0.4) is 0 Å². The van der Waals surface area contributed by atoms with Gasteiger partial charge in [-0.25, -0.2) is 0 Å². The summed E-state index contributed by atoms with van der Waals surface area (Å²) in [4.78, 5) is 5.15. The van der Waals surface area contributed by atoms with E-state index in [-0.39, 0.29) is 10.8 Å². The first kappa shape index (κ1) is 45.0. The highest BCUT2D eigenvalue weighted by atomic mass is 15.1. The van der Waals surface area contributed by atoms with Gasteiger partial charge in [0.25, 0.3) is 0 Å². The van der Waals surface area contributed by atoms with Crippen molar-refractivity contribution in [1.82, 2.24) is 0 Å². The van der Waals surface area contributed by atoms with Crippen molar-refractivity contribution in [2.75, 3.05) is 22.9 Å². The van der Waals surface area contributed by atoms with Gasteiger partial charge in [-0.05, 0) is 196 Å². The van der Waals surface area contributed by atoms with Crippen LogP contribution in [0.2, 0.25) is 0 Å². The lowest BCUT2D eigenvalue weighted by molar-refractivity contribution is 0.660. The van der Waals surface area contributed by atoms with Gasteiger partial charge in [-0.2, -0.15) is 0 Å². The Morgan fingerprint density at radius 3 is 1.12 bits per heavy atom. The van der Waals surface area contributed by atoms with Gasteiger partial charge < -0.3 is 9.80 Å². The third kappa shape index (κ3) is 6.72. The molecule has 4 aliphatic rings. The second-order valence-corrected chi connectivity index (χ2v) is 22.9. The highest BCUT2D eigenvalue weighted by molar-refractivity contribution is 6.24. The maximum absolute atomic E-state index is 2.58. The molecule has 2 aliphatic carbocycles. The van der Waals surface area contributed by atoms with E-state index in [9.17, 15) is 0 Å². The highest BCUT2D eigenvalue weighted by Gasteiger charge is 2.37. The molecule has 0 spiro atoms. The minimum Gasteiger partial charge on any atom is -0.341 e. The molecule has 0 N–H and O–H groups in total. The van der Waals surface area contributed by atoms with Crippen LogP contribution in [0.5, 0.6) is 0 Å². The summed E-state index contributed by atoms with van der Waals surface area (Å²) >= 11 is 0. The van der Waals surface area contributed by atoms with Crippen molar-refractivity contribution in [3.63, 3.8) is 0 Å². The number of nitrogens with zero attached hydrogens (tertiary/aromatic N) is 2. The summed E-state index contributed by atoms with van der Waals surface area (Å²) in [7, 11) is 0. The van der Waals surface area contributed by atoms with Crippen molar-refractivity contribution in [3.8, 4) is 66.8 Å². The Bertz CT molecular complexity index is 3930. The van der Waals surface area contributed by atoms with E-state index in [0.29, 0.717) is 0 Å². The molecule has 0 saturated carbocycles. The minimum atomic E-state index is -0.118. The molecular formula is C74H60N2. The van der Waals surface area contributed by atoms with Crippen LogP contribution in [0.15, 0.2) is 218 Å². The molecule has 15 rings (SSSR count). The Balaban J connectivity index is 1.02. The second kappa shape index (κ2) is 17.0. The van der Waals surface area contributed by atoms with E-state index < -0.39 is 0 Å². The van der Waals surface area contributed by atoms with Crippen LogP contribution in [0.4, 0.5) is 22.7 Å². The van der Waals surface area contributed by atoms with E-state index in [2.05, 4.69) is 256 Å². The maximum Gasteiger partial charge on any atom is 0.0443 e. The van der Waals surface area contributed by atoms with Crippen molar-refractivity contribution >= 4 is 44.3 Å². The smallest absolute Gasteiger partial charge is 0.0443 e. The fourth-order valence-electron chi connectivity index (χ4n) is 14.4. The molecule has 0 radical (unpaired) electrons. The molecule has 76 heavy (non-hydrogen) atoms. The SMILES string of the molecule is CC1(C)c2ccccc2-c2ccc(-c3ccccc3-c3c4ccc(N5CCCc6ccccc65)cc4c(-c4ccccc4-c4ccc5c(c4)C(C)(C)c4ccccc4-5)c4ccc(N5CCCc6ccccc65)cc34)cc21. The standard InChI is InChI=1S/C74H60N2/c1-73(2)65-29-13-11-25-55(65)57-37-33-49(43-67(57)73)53-23-7-9-27-59(53)71-61-39-35-52(76-42-18-22-48-20-6-16-32-70(48)76)46-64(61)72(62-40-36-51(45-63(62)71)75-41-17-21-47-19-5-15-31-69(47)75)60-28-10-8-24-54(60)50-34-38-58-56-26-12-14-30-66(56)74(3,4)68(58)44-50/h5-16,19-20,23-40,43-46H,17-18,21-22,41-42H2,1-4H3. The lowest BCUT2D eigenvalue weighted by Gasteiger charge is -2.33. The second-order valence-electron chi connectivity index (χ2n) is 22.9. The molecule has 366 valence electrons. The zero-order valence-electron chi connectivity index (χ0n) is 43.9.